The molecule has 0 heterocycles. The summed E-state index contributed by atoms with van der Waals surface area (Å²) in [7, 11) is 0. The van der Waals surface area contributed by atoms with Crippen LogP contribution in [0.4, 0.5) is 0 Å². The Hall–Kier alpha value is -0.260. The Kier molecular flexibility index (Phi) is 6.14. The van der Waals surface area contributed by atoms with Crippen LogP contribution in [-0.2, 0) is 0 Å². The maximum atomic E-state index is 2.34. The normalized spacial score (nSPS) is 14.9. The first-order valence-electron chi connectivity index (χ1n) is 5.20. The van der Waals surface area contributed by atoms with Crippen LogP contribution in [0, 0.1) is 17.8 Å². The summed E-state index contributed by atoms with van der Waals surface area (Å²) in [6, 6.07) is 0. The van der Waals surface area contributed by atoms with E-state index in [9.17, 15) is 0 Å². The zero-order valence-corrected chi connectivity index (χ0v) is 9.30. The van der Waals surface area contributed by atoms with Gasteiger partial charge in [-0.2, -0.15) is 0 Å². The molecule has 0 N–H and O–H groups in total. The molecular weight excluding hydrogens is 144 g/mol. The van der Waals surface area contributed by atoms with Gasteiger partial charge in [0.25, 0.3) is 0 Å². The fraction of sp³-hybridized carbons (Fsp3) is 0.833. The molecule has 0 nitrogen and oxygen atoms in total. The molecule has 0 unspecified atom stereocenters. The second-order valence-electron chi connectivity index (χ2n) is 4.47. The van der Waals surface area contributed by atoms with E-state index < -0.39 is 0 Å². The Labute approximate surface area is 78.1 Å². The van der Waals surface area contributed by atoms with E-state index in [1.54, 1.807) is 0 Å². The molecule has 0 rings (SSSR count). The minimum atomic E-state index is 0.708. The van der Waals surface area contributed by atoms with Crippen molar-refractivity contribution >= 4 is 0 Å². The standard InChI is InChI=1S/C12H24/c1-10(2)8-6-7-9-12(5)11(3)4/h6,8,10-12H,7,9H2,1-5H3/b8-6-/t12-/m0/s1. The fourth-order valence-corrected chi connectivity index (χ4v) is 1.06. The highest BCUT2D eigenvalue weighted by molar-refractivity contribution is 4.84. The lowest BCUT2D eigenvalue weighted by Gasteiger charge is -2.13. The van der Waals surface area contributed by atoms with Crippen LogP contribution in [0.25, 0.3) is 0 Å². The first kappa shape index (κ1) is 11.7. The van der Waals surface area contributed by atoms with E-state index >= 15 is 0 Å². The van der Waals surface area contributed by atoms with Gasteiger partial charge in [-0.05, 0) is 30.6 Å². The third-order valence-electron chi connectivity index (χ3n) is 2.45. The number of hydrogen-bond acceptors (Lipinski definition) is 0. The molecule has 0 bridgehead atoms. The second-order valence-corrected chi connectivity index (χ2v) is 4.47. The summed E-state index contributed by atoms with van der Waals surface area (Å²) in [6.45, 7) is 11.4. The number of allylic oxidation sites excluding steroid dienone is 2. The highest BCUT2D eigenvalue weighted by Crippen LogP contribution is 2.16. The zero-order chi connectivity index (χ0) is 9.56. The van der Waals surface area contributed by atoms with Gasteiger partial charge in [-0.3, -0.25) is 0 Å². The van der Waals surface area contributed by atoms with Gasteiger partial charge in [0.05, 0.1) is 0 Å². The summed E-state index contributed by atoms with van der Waals surface area (Å²) in [6.07, 6.45) is 7.20. The maximum absolute atomic E-state index is 2.34. The molecule has 0 aromatic rings. The minimum absolute atomic E-state index is 0.708. The van der Waals surface area contributed by atoms with Gasteiger partial charge in [0.2, 0.25) is 0 Å². The van der Waals surface area contributed by atoms with Crippen LogP contribution in [0.1, 0.15) is 47.5 Å². The average Bonchev–Trinajstić information content (AvgIpc) is 1.97. The molecule has 0 saturated heterocycles. The number of hydrogen-bond donors (Lipinski definition) is 0. The lowest BCUT2D eigenvalue weighted by atomic mass is 9.93. The molecule has 0 amide bonds. The Morgan fingerprint density at radius 3 is 2.00 bits per heavy atom. The third kappa shape index (κ3) is 6.45. The van der Waals surface area contributed by atoms with Gasteiger partial charge in [-0.1, -0.05) is 46.8 Å². The lowest BCUT2D eigenvalue weighted by molar-refractivity contribution is 0.395. The largest absolute Gasteiger partial charge is 0.0883 e. The van der Waals surface area contributed by atoms with Crippen LogP contribution in [0.15, 0.2) is 12.2 Å². The predicted molar refractivity (Wildman–Crippen MR) is 57.2 cm³/mol. The molecule has 0 aromatic heterocycles. The van der Waals surface area contributed by atoms with Crippen molar-refractivity contribution in [1.82, 2.24) is 0 Å². The van der Waals surface area contributed by atoms with Gasteiger partial charge in [-0.15, -0.1) is 0 Å². The van der Waals surface area contributed by atoms with Gasteiger partial charge in [0, 0.05) is 0 Å². The van der Waals surface area contributed by atoms with Crippen LogP contribution in [0.5, 0.6) is 0 Å². The smallest absolute Gasteiger partial charge is 0.0290 e. The molecule has 0 aliphatic carbocycles. The summed E-state index contributed by atoms with van der Waals surface area (Å²) < 4.78 is 0. The van der Waals surface area contributed by atoms with Gasteiger partial charge in [-0.25, -0.2) is 0 Å². The molecule has 0 aliphatic rings. The van der Waals surface area contributed by atoms with Crippen LogP contribution in [0.2, 0.25) is 0 Å². The van der Waals surface area contributed by atoms with Gasteiger partial charge >= 0.3 is 0 Å². The van der Waals surface area contributed by atoms with E-state index in [0.29, 0.717) is 5.92 Å². The summed E-state index contributed by atoms with van der Waals surface area (Å²) in [5.74, 6) is 2.40. The van der Waals surface area contributed by atoms with E-state index in [1.807, 2.05) is 0 Å². The third-order valence-corrected chi connectivity index (χ3v) is 2.45. The molecule has 0 radical (unpaired) electrons. The Balaban J connectivity index is 3.43. The van der Waals surface area contributed by atoms with E-state index in [1.165, 1.54) is 12.8 Å². The second kappa shape index (κ2) is 6.28. The van der Waals surface area contributed by atoms with Gasteiger partial charge < -0.3 is 0 Å². The topological polar surface area (TPSA) is 0 Å². The number of rotatable bonds is 5. The van der Waals surface area contributed by atoms with Crippen molar-refractivity contribution in [3.05, 3.63) is 12.2 Å². The Morgan fingerprint density at radius 1 is 1.00 bits per heavy atom. The highest BCUT2D eigenvalue weighted by Gasteiger charge is 2.04. The lowest BCUT2D eigenvalue weighted by Crippen LogP contribution is -2.02. The van der Waals surface area contributed by atoms with E-state index in [-0.39, 0.29) is 0 Å². The molecule has 1 atom stereocenters. The molecule has 0 fully saturated rings. The van der Waals surface area contributed by atoms with Crippen molar-refractivity contribution in [2.24, 2.45) is 17.8 Å². The van der Waals surface area contributed by atoms with Crippen LogP contribution in [-0.4, -0.2) is 0 Å². The molecule has 12 heavy (non-hydrogen) atoms. The van der Waals surface area contributed by atoms with Crippen molar-refractivity contribution in [2.75, 3.05) is 0 Å². The van der Waals surface area contributed by atoms with Crippen molar-refractivity contribution in [1.29, 1.82) is 0 Å². The monoisotopic (exact) mass is 168 g/mol. The predicted octanol–water partition coefficient (Wildman–Crippen LogP) is 4.27. The molecule has 0 aromatic carbocycles. The molecule has 72 valence electrons. The van der Waals surface area contributed by atoms with E-state index in [4.69, 9.17) is 0 Å². The van der Waals surface area contributed by atoms with Gasteiger partial charge in [0.15, 0.2) is 0 Å². The summed E-state index contributed by atoms with van der Waals surface area (Å²) in [4.78, 5) is 0. The molecule has 0 aliphatic heterocycles. The maximum Gasteiger partial charge on any atom is -0.0290 e. The zero-order valence-electron chi connectivity index (χ0n) is 9.30. The van der Waals surface area contributed by atoms with E-state index in [2.05, 4.69) is 46.8 Å². The molecular formula is C12H24. The fourth-order valence-electron chi connectivity index (χ4n) is 1.06. The van der Waals surface area contributed by atoms with Crippen LogP contribution >= 0.6 is 0 Å². The molecule has 0 heteroatoms. The van der Waals surface area contributed by atoms with Gasteiger partial charge in [0.1, 0.15) is 0 Å². The summed E-state index contributed by atoms with van der Waals surface area (Å²) >= 11 is 0. The Morgan fingerprint density at radius 2 is 1.58 bits per heavy atom. The first-order chi connectivity index (χ1) is 5.54. The Bertz CT molecular complexity index is 120. The summed E-state index contributed by atoms with van der Waals surface area (Å²) in [5, 5.41) is 0. The van der Waals surface area contributed by atoms with Crippen molar-refractivity contribution in [2.45, 2.75) is 47.5 Å². The minimum Gasteiger partial charge on any atom is -0.0883 e. The van der Waals surface area contributed by atoms with Crippen LogP contribution < -0.4 is 0 Å². The van der Waals surface area contributed by atoms with E-state index in [0.717, 1.165) is 11.8 Å². The SMILES string of the molecule is CC(C)/C=C\CC[C@H](C)C(C)C. The average molecular weight is 168 g/mol. The molecule has 0 spiro atoms. The van der Waals surface area contributed by atoms with Crippen LogP contribution in [0.3, 0.4) is 0 Å². The van der Waals surface area contributed by atoms with Crippen molar-refractivity contribution < 1.29 is 0 Å². The quantitative estimate of drug-likeness (QED) is 0.538. The summed E-state index contributed by atoms with van der Waals surface area (Å²) in [5.41, 5.74) is 0. The first-order valence-corrected chi connectivity index (χ1v) is 5.20. The highest BCUT2D eigenvalue weighted by atomic mass is 14.1. The van der Waals surface area contributed by atoms with Crippen molar-refractivity contribution in [3.63, 3.8) is 0 Å². The van der Waals surface area contributed by atoms with Crippen molar-refractivity contribution in [3.8, 4) is 0 Å². The molecule has 0 saturated carbocycles.